The average molecular weight is 350 g/mol. The first-order valence-corrected chi connectivity index (χ1v) is 7.74. The van der Waals surface area contributed by atoms with Gasteiger partial charge in [0, 0.05) is 17.1 Å². The summed E-state index contributed by atoms with van der Waals surface area (Å²) >= 11 is 0. The van der Waals surface area contributed by atoms with Crippen molar-refractivity contribution in [3.05, 3.63) is 82.4 Å². The second kappa shape index (κ2) is 7.43. The van der Waals surface area contributed by atoms with Gasteiger partial charge in [0.05, 0.1) is 4.92 Å². The number of nitro benzene ring substituents is 1. The Hall–Kier alpha value is -3.74. The summed E-state index contributed by atoms with van der Waals surface area (Å²) in [6.45, 7) is -0.548. The number of ether oxygens (including phenoxy) is 1. The number of nitrogens with zero attached hydrogens (tertiary/aromatic N) is 1. The van der Waals surface area contributed by atoms with Crippen LogP contribution in [-0.2, 0) is 9.53 Å². The number of nitro groups is 1. The smallest absolute Gasteiger partial charge is 0.345 e. The minimum atomic E-state index is -0.926. The quantitative estimate of drug-likeness (QED) is 0.431. The normalized spacial score (nSPS) is 10.3. The number of hydrogen-bond acceptors (Lipinski definition) is 5. The van der Waals surface area contributed by atoms with Crippen molar-refractivity contribution < 1.29 is 19.2 Å². The van der Waals surface area contributed by atoms with Gasteiger partial charge in [-0.05, 0) is 17.5 Å². The van der Waals surface area contributed by atoms with E-state index in [1.807, 2.05) is 30.3 Å². The molecule has 1 N–H and O–H groups in total. The van der Waals surface area contributed by atoms with Gasteiger partial charge in [0.2, 0.25) is 0 Å². The summed E-state index contributed by atoms with van der Waals surface area (Å²) in [5, 5.41) is 15.4. The van der Waals surface area contributed by atoms with E-state index in [1.165, 1.54) is 24.3 Å². The molecular weight excluding hydrogens is 336 g/mol. The predicted molar refractivity (Wildman–Crippen MR) is 96.0 cm³/mol. The van der Waals surface area contributed by atoms with E-state index < -0.39 is 23.4 Å². The molecule has 0 radical (unpaired) electrons. The first-order chi connectivity index (χ1) is 12.6. The maximum Gasteiger partial charge on any atom is 0.345 e. The third-order valence-electron chi connectivity index (χ3n) is 3.72. The highest BCUT2D eigenvalue weighted by atomic mass is 16.6. The Morgan fingerprint density at radius 2 is 1.65 bits per heavy atom. The lowest BCUT2D eigenvalue weighted by atomic mass is 10.1. The summed E-state index contributed by atoms with van der Waals surface area (Å²) in [7, 11) is 0. The summed E-state index contributed by atoms with van der Waals surface area (Å²) < 4.78 is 4.91. The number of para-hydroxylation sites is 1. The molecule has 3 aromatic rings. The van der Waals surface area contributed by atoms with Crippen LogP contribution >= 0.6 is 0 Å². The third-order valence-corrected chi connectivity index (χ3v) is 3.72. The average Bonchev–Trinajstić information content (AvgIpc) is 2.66. The van der Waals surface area contributed by atoms with Gasteiger partial charge in [0.1, 0.15) is 5.56 Å². The van der Waals surface area contributed by atoms with E-state index in [9.17, 15) is 19.7 Å². The van der Waals surface area contributed by atoms with Gasteiger partial charge in [-0.15, -0.1) is 0 Å². The first kappa shape index (κ1) is 17.1. The third kappa shape index (κ3) is 3.67. The highest BCUT2D eigenvalue weighted by Crippen LogP contribution is 2.23. The van der Waals surface area contributed by atoms with Crippen LogP contribution in [-0.4, -0.2) is 23.4 Å². The molecule has 3 aromatic carbocycles. The predicted octanol–water partition coefficient (Wildman–Crippen LogP) is 3.54. The Kier molecular flexibility index (Phi) is 4.89. The molecule has 3 rings (SSSR count). The van der Waals surface area contributed by atoms with Crippen molar-refractivity contribution in [2.24, 2.45) is 0 Å². The summed E-state index contributed by atoms with van der Waals surface area (Å²) in [5.74, 6) is -1.46. The van der Waals surface area contributed by atoms with E-state index in [-0.39, 0.29) is 11.3 Å². The number of hydrogen-bond donors (Lipinski definition) is 1. The van der Waals surface area contributed by atoms with Crippen molar-refractivity contribution in [3.8, 4) is 0 Å². The molecule has 0 atom stereocenters. The largest absolute Gasteiger partial charge is 0.452 e. The van der Waals surface area contributed by atoms with Gasteiger partial charge in [-0.2, -0.15) is 0 Å². The van der Waals surface area contributed by atoms with Crippen molar-refractivity contribution in [3.63, 3.8) is 0 Å². The fourth-order valence-corrected chi connectivity index (χ4v) is 2.54. The molecule has 130 valence electrons. The number of benzene rings is 3. The Bertz CT molecular complexity index is 995. The molecule has 0 aliphatic rings. The highest BCUT2D eigenvalue weighted by molar-refractivity contribution is 6.03. The van der Waals surface area contributed by atoms with Gasteiger partial charge in [-0.1, -0.05) is 48.5 Å². The van der Waals surface area contributed by atoms with Gasteiger partial charge in [0.25, 0.3) is 11.6 Å². The van der Waals surface area contributed by atoms with Crippen molar-refractivity contribution >= 4 is 34.0 Å². The minimum absolute atomic E-state index is 0.199. The molecule has 0 heterocycles. The fourth-order valence-electron chi connectivity index (χ4n) is 2.54. The van der Waals surface area contributed by atoms with Crippen LogP contribution in [0.25, 0.3) is 10.8 Å². The van der Waals surface area contributed by atoms with E-state index in [0.29, 0.717) is 5.69 Å². The zero-order valence-electron chi connectivity index (χ0n) is 13.5. The Balaban J connectivity index is 1.68. The van der Waals surface area contributed by atoms with Crippen LogP contribution in [0.4, 0.5) is 11.4 Å². The highest BCUT2D eigenvalue weighted by Gasteiger charge is 2.21. The molecule has 1 amide bonds. The van der Waals surface area contributed by atoms with Gasteiger partial charge in [-0.3, -0.25) is 14.9 Å². The molecule has 0 aliphatic carbocycles. The summed E-state index contributed by atoms with van der Waals surface area (Å²) in [5.41, 5.74) is 0.0252. The van der Waals surface area contributed by atoms with E-state index >= 15 is 0 Å². The van der Waals surface area contributed by atoms with E-state index in [0.717, 1.165) is 10.8 Å². The van der Waals surface area contributed by atoms with Gasteiger partial charge in [-0.25, -0.2) is 4.79 Å². The van der Waals surface area contributed by atoms with E-state index in [1.54, 1.807) is 12.1 Å². The lowest BCUT2D eigenvalue weighted by molar-refractivity contribution is -0.385. The monoisotopic (exact) mass is 350 g/mol. The molecule has 0 saturated heterocycles. The lowest BCUT2D eigenvalue weighted by Gasteiger charge is -2.09. The van der Waals surface area contributed by atoms with Crippen LogP contribution in [0.5, 0.6) is 0 Å². The maximum absolute atomic E-state index is 12.1. The topological polar surface area (TPSA) is 98.5 Å². The van der Waals surface area contributed by atoms with Crippen molar-refractivity contribution in [1.29, 1.82) is 0 Å². The minimum Gasteiger partial charge on any atom is -0.452 e. The van der Waals surface area contributed by atoms with E-state index in [4.69, 9.17) is 4.74 Å². The molecule has 0 unspecified atom stereocenters. The number of nitrogens with one attached hydrogen (secondary N) is 1. The number of carbonyl (C=O) groups is 2. The lowest BCUT2D eigenvalue weighted by Crippen LogP contribution is -2.21. The molecule has 0 aromatic heterocycles. The van der Waals surface area contributed by atoms with Crippen LogP contribution in [0.2, 0.25) is 0 Å². The summed E-state index contributed by atoms with van der Waals surface area (Å²) in [6, 6.07) is 18.4. The van der Waals surface area contributed by atoms with Crippen LogP contribution in [0.3, 0.4) is 0 Å². The van der Waals surface area contributed by atoms with Crippen molar-refractivity contribution in [2.75, 3.05) is 11.9 Å². The zero-order chi connectivity index (χ0) is 18.5. The summed E-state index contributed by atoms with van der Waals surface area (Å²) in [4.78, 5) is 34.4. The molecule has 0 bridgehead atoms. The van der Waals surface area contributed by atoms with Crippen molar-refractivity contribution in [2.45, 2.75) is 0 Å². The molecule has 7 nitrogen and oxygen atoms in total. The van der Waals surface area contributed by atoms with Crippen LogP contribution in [0, 0.1) is 10.1 Å². The SMILES string of the molecule is O=C(COC(=O)c1ccccc1[N+](=O)[O-])Nc1cccc2ccccc12. The standard InChI is InChI=1S/C19H14N2O5/c22-18(20-16-10-5-7-13-6-1-2-8-14(13)16)12-26-19(23)15-9-3-4-11-17(15)21(24)25/h1-11H,12H2,(H,20,22). The second-order valence-corrected chi connectivity index (χ2v) is 5.43. The molecule has 0 fully saturated rings. The summed E-state index contributed by atoms with van der Waals surface area (Å²) in [6.07, 6.45) is 0. The Labute approximate surface area is 148 Å². The van der Waals surface area contributed by atoms with Gasteiger partial charge < -0.3 is 10.1 Å². The molecular formula is C19H14N2O5. The molecule has 7 heteroatoms. The Morgan fingerprint density at radius 1 is 0.962 bits per heavy atom. The number of carbonyl (C=O) groups excluding carboxylic acids is 2. The van der Waals surface area contributed by atoms with E-state index in [2.05, 4.69) is 5.32 Å². The maximum atomic E-state index is 12.1. The molecule has 0 saturated carbocycles. The number of rotatable bonds is 5. The number of esters is 1. The second-order valence-electron chi connectivity index (χ2n) is 5.43. The Morgan fingerprint density at radius 3 is 2.46 bits per heavy atom. The van der Waals surface area contributed by atoms with Crippen molar-refractivity contribution in [1.82, 2.24) is 0 Å². The molecule has 0 spiro atoms. The number of fused-ring (bicyclic) bond motifs is 1. The van der Waals surface area contributed by atoms with Crippen LogP contribution in [0.15, 0.2) is 66.7 Å². The molecule has 26 heavy (non-hydrogen) atoms. The van der Waals surface area contributed by atoms with Gasteiger partial charge in [0.15, 0.2) is 6.61 Å². The first-order valence-electron chi connectivity index (χ1n) is 7.74. The van der Waals surface area contributed by atoms with Gasteiger partial charge >= 0.3 is 5.97 Å². The number of anilines is 1. The van der Waals surface area contributed by atoms with Crippen LogP contribution in [0.1, 0.15) is 10.4 Å². The van der Waals surface area contributed by atoms with Crippen LogP contribution < -0.4 is 5.32 Å². The molecule has 0 aliphatic heterocycles. The zero-order valence-corrected chi connectivity index (χ0v) is 13.5. The fraction of sp³-hybridized carbons (Fsp3) is 0.0526. The number of amides is 1.